The van der Waals surface area contributed by atoms with Gasteiger partial charge in [-0.3, -0.25) is 4.98 Å². The lowest BCUT2D eigenvalue weighted by atomic mass is 10.0. The second kappa shape index (κ2) is 5.19. The van der Waals surface area contributed by atoms with Gasteiger partial charge in [0.2, 0.25) is 21.7 Å². The molecule has 21 heavy (non-hydrogen) atoms. The highest BCUT2D eigenvalue weighted by Gasteiger charge is 2.40. The van der Waals surface area contributed by atoms with Gasteiger partial charge in [-0.25, -0.2) is 12.7 Å². The lowest BCUT2D eigenvalue weighted by molar-refractivity contribution is 0.215. The first kappa shape index (κ1) is 14.2. The van der Waals surface area contributed by atoms with Crippen LogP contribution in [0.5, 0.6) is 0 Å². The highest BCUT2D eigenvalue weighted by atomic mass is 32.2. The molecule has 0 aromatic carbocycles. The molecule has 0 N–H and O–H groups in total. The number of sulfonamides is 1. The third kappa shape index (κ3) is 2.56. The first-order valence-electron chi connectivity index (χ1n) is 6.72. The molecule has 0 radical (unpaired) electrons. The van der Waals surface area contributed by atoms with Crippen LogP contribution in [0.2, 0.25) is 0 Å². The third-order valence-corrected chi connectivity index (χ3v) is 5.70. The Hall–Kier alpha value is -1.80. The van der Waals surface area contributed by atoms with Gasteiger partial charge in [-0.1, -0.05) is 11.2 Å². The van der Waals surface area contributed by atoms with Gasteiger partial charge in [0.05, 0.1) is 11.2 Å². The predicted molar refractivity (Wildman–Crippen MR) is 75.9 cm³/mol. The SMILES string of the molecule is CC(C)S(=O)(=O)N1CC(c2nc(-c3ccccn3)no2)C1. The van der Waals surface area contributed by atoms with Crippen molar-refractivity contribution in [1.29, 1.82) is 0 Å². The summed E-state index contributed by atoms with van der Waals surface area (Å²) in [6, 6.07) is 5.45. The second-order valence-corrected chi connectivity index (χ2v) is 7.77. The van der Waals surface area contributed by atoms with E-state index in [1.54, 1.807) is 26.1 Å². The smallest absolute Gasteiger partial charge is 0.232 e. The zero-order valence-corrected chi connectivity index (χ0v) is 12.6. The summed E-state index contributed by atoms with van der Waals surface area (Å²) >= 11 is 0. The molecule has 112 valence electrons. The van der Waals surface area contributed by atoms with E-state index in [0.717, 1.165) is 0 Å². The van der Waals surface area contributed by atoms with Crippen LogP contribution in [-0.4, -0.2) is 46.2 Å². The Morgan fingerprint density at radius 2 is 2.10 bits per heavy atom. The van der Waals surface area contributed by atoms with Gasteiger partial charge in [0.1, 0.15) is 5.69 Å². The molecule has 1 saturated heterocycles. The minimum atomic E-state index is -3.20. The topological polar surface area (TPSA) is 89.2 Å². The molecule has 0 atom stereocenters. The average molecular weight is 308 g/mol. The van der Waals surface area contributed by atoms with Crippen LogP contribution in [0.4, 0.5) is 0 Å². The van der Waals surface area contributed by atoms with E-state index in [0.29, 0.717) is 30.5 Å². The van der Waals surface area contributed by atoms with Gasteiger partial charge < -0.3 is 4.52 Å². The summed E-state index contributed by atoms with van der Waals surface area (Å²) in [4.78, 5) is 8.45. The fourth-order valence-electron chi connectivity index (χ4n) is 2.10. The van der Waals surface area contributed by atoms with Crippen LogP contribution in [0.3, 0.4) is 0 Å². The Morgan fingerprint density at radius 1 is 1.33 bits per heavy atom. The Kier molecular flexibility index (Phi) is 3.50. The highest BCUT2D eigenvalue weighted by molar-refractivity contribution is 7.89. The molecule has 3 rings (SSSR count). The minimum absolute atomic E-state index is 0.0384. The molecule has 0 saturated carbocycles. The van der Waals surface area contributed by atoms with Crippen LogP contribution >= 0.6 is 0 Å². The Bertz CT molecular complexity index is 721. The van der Waals surface area contributed by atoms with Gasteiger partial charge in [-0.2, -0.15) is 4.98 Å². The zero-order chi connectivity index (χ0) is 15.0. The summed E-state index contributed by atoms with van der Waals surface area (Å²) in [5.41, 5.74) is 0.637. The number of rotatable bonds is 4. The van der Waals surface area contributed by atoms with Gasteiger partial charge in [0.15, 0.2) is 0 Å². The Balaban J connectivity index is 1.70. The van der Waals surface area contributed by atoms with E-state index in [1.165, 1.54) is 4.31 Å². The third-order valence-electron chi connectivity index (χ3n) is 3.49. The molecule has 0 bridgehead atoms. The van der Waals surface area contributed by atoms with Crippen molar-refractivity contribution in [2.24, 2.45) is 0 Å². The van der Waals surface area contributed by atoms with Crippen molar-refractivity contribution in [3.8, 4) is 11.5 Å². The molecule has 0 amide bonds. The van der Waals surface area contributed by atoms with Crippen molar-refractivity contribution >= 4 is 10.0 Å². The predicted octanol–water partition coefficient (Wildman–Crippen LogP) is 1.27. The molecule has 0 unspecified atom stereocenters. The molecular formula is C13H16N4O3S. The highest BCUT2D eigenvalue weighted by Crippen LogP contribution is 2.30. The van der Waals surface area contributed by atoms with Crippen molar-refractivity contribution in [3.05, 3.63) is 30.3 Å². The van der Waals surface area contributed by atoms with Crippen LogP contribution < -0.4 is 0 Å². The molecular weight excluding hydrogens is 292 g/mol. The van der Waals surface area contributed by atoms with E-state index in [4.69, 9.17) is 4.52 Å². The maximum absolute atomic E-state index is 12.0. The van der Waals surface area contributed by atoms with Crippen molar-refractivity contribution in [2.75, 3.05) is 13.1 Å². The second-order valence-electron chi connectivity index (χ2n) is 5.28. The van der Waals surface area contributed by atoms with E-state index >= 15 is 0 Å². The molecule has 1 fully saturated rings. The summed E-state index contributed by atoms with van der Waals surface area (Å²) < 4.78 is 30.6. The van der Waals surface area contributed by atoms with Gasteiger partial charge in [0, 0.05) is 19.3 Å². The summed E-state index contributed by atoms with van der Waals surface area (Å²) in [6.45, 7) is 4.14. The molecule has 1 aliphatic heterocycles. The Labute approximate surface area is 123 Å². The summed E-state index contributed by atoms with van der Waals surface area (Å²) in [5, 5.41) is 3.48. The number of hydrogen-bond donors (Lipinski definition) is 0. The average Bonchev–Trinajstić information content (AvgIpc) is 2.87. The summed E-state index contributed by atoms with van der Waals surface area (Å²) in [5.74, 6) is 0.852. The van der Waals surface area contributed by atoms with Gasteiger partial charge in [0.25, 0.3) is 0 Å². The number of hydrogen-bond acceptors (Lipinski definition) is 6. The molecule has 0 aliphatic carbocycles. The van der Waals surface area contributed by atoms with Gasteiger partial charge >= 0.3 is 0 Å². The molecule has 2 aromatic heterocycles. The molecule has 0 spiro atoms. The quantitative estimate of drug-likeness (QED) is 0.845. The van der Waals surface area contributed by atoms with Crippen LogP contribution in [0.15, 0.2) is 28.9 Å². The van der Waals surface area contributed by atoms with Crippen LogP contribution in [0.25, 0.3) is 11.5 Å². The largest absolute Gasteiger partial charge is 0.339 e. The van der Waals surface area contributed by atoms with Gasteiger partial charge in [-0.15, -0.1) is 0 Å². The van der Waals surface area contributed by atoms with Crippen molar-refractivity contribution < 1.29 is 12.9 Å². The first-order valence-corrected chi connectivity index (χ1v) is 8.23. The maximum atomic E-state index is 12.0. The van der Waals surface area contributed by atoms with Crippen molar-refractivity contribution in [3.63, 3.8) is 0 Å². The van der Waals surface area contributed by atoms with E-state index in [1.807, 2.05) is 12.1 Å². The Morgan fingerprint density at radius 3 is 2.71 bits per heavy atom. The zero-order valence-electron chi connectivity index (χ0n) is 11.8. The summed E-state index contributed by atoms with van der Waals surface area (Å²) in [6.07, 6.45) is 1.66. The normalized spacial score (nSPS) is 17.1. The number of aromatic nitrogens is 3. The number of pyridine rings is 1. The lowest BCUT2D eigenvalue weighted by Crippen LogP contribution is -2.50. The van der Waals surface area contributed by atoms with Crippen LogP contribution in [-0.2, 0) is 10.0 Å². The lowest BCUT2D eigenvalue weighted by Gasteiger charge is -2.36. The number of nitrogens with zero attached hydrogens (tertiary/aromatic N) is 4. The van der Waals surface area contributed by atoms with Crippen molar-refractivity contribution in [1.82, 2.24) is 19.4 Å². The molecule has 1 aliphatic rings. The van der Waals surface area contributed by atoms with Crippen LogP contribution in [0, 0.1) is 0 Å². The fourth-order valence-corrected chi connectivity index (χ4v) is 3.47. The fraction of sp³-hybridized carbons (Fsp3) is 0.462. The minimum Gasteiger partial charge on any atom is -0.339 e. The van der Waals surface area contributed by atoms with E-state index < -0.39 is 15.3 Å². The standard InChI is InChI=1S/C13H16N4O3S/c1-9(2)21(18,19)17-7-10(8-17)13-15-12(16-20-13)11-5-3-4-6-14-11/h3-6,9-10H,7-8H2,1-2H3. The van der Waals surface area contributed by atoms with Crippen LogP contribution in [0.1, 0.15) is 25.7 Å². The molecule has 3 heterocycles. The molecule has 2 aromatic rings. The maximum Gasteiger partial charge on any atom is 0.232 e. The van der Waals surface area contributed by atoms with Gasteiger partial charge in [-0.05, 0) is 26.0 Å². The molecule has 8 heteroatoms. The molecule has 7 nitrogen and oxygen atoms in total. The monoisotopic (exact) mass is 308 g/mol. The van der Waals surface area contributed by atoms with E-state index in [9.17, 15) is 8.42 Å². The van der Waals surface area contributed by atoms with E-state index in [-0.39, 0.29) is 5.92 Å². The van der Waals surface area contributed by atoms with Crippen molar-refractivity contribution in [2.45, 2.75) is 25.0 Å². The summed E-state index contributed by atoms with van der Waals surface area (Å²) in [7, 11) is -3.20. The first-order chi connectivity index (χ1) is 9.98. The van der Waals surface area contributed by atoms with E-state index in [2.05, 4.69) is 15.1 Å².